The Labute approximate surface area is 100 Å². The number of hydrogen-bond acceptors (Lipinski definition) is 4. The molecule has 17 heavy (non-hydrogen) atoms. The summed E-state index contributed by atoms with van der Waals surface area (Å²) in [5, 5.41) is 8.00. The summed E-state index contributed by atoms with van der Waals surface area (Å²) < 4.78 is 7.35. The van der Waals surface area contributed by atoms with Gasteiger partial charge < -0.3 is 10.5 Å². The summed E-state index contributed by atoms with van der Waals surface area (Å²) in [6, 6.07) is 7.77. The van der Waals surface area contributed by atoms with E-state index in [0.717, 1.165) is 23.6 Å². The fourth-order valence-corrected chi connectivity index (χ4v) is 1.69. The molecule has 0 aliphatic rings. The third-order valence-electron chi connectivity index (χ3n) is 2.41. The van der Waals surface area contributed by atoms with E-state index in [0.29, 0.717) is 13.2 Å². The van der Waals surface area contributed by atoms with Gasteiger partial charge in [0.1, 0.15) is 11.4 Å². The molecular formula is C12H16N4O. The van der Waals surface area contributed by atoms with Crippen LogP contribution in [0, 0.1) is 0 Å². The molecule has 0 saturated heterocycles. The highest BCUT2D eigenvalue weighted by atomic mass is 16.5. The van der Waals surface area contributed by atoms with E-state index in [1.54, 1.807) is 10.9 Å². The lowest BCUT2D eigenvalue weighted by atomic mass is 10.2. The lowest BCUT2D eigenvalue weighted by molar-refractivity contribution is 0.338. The second-order valence-electron chi connectivity index (χ2n) is 3.58. The molecule has 1 heterocycles. The third-order valence-corrected chi connectivity index (χ3v) is 2.41. The van der Waals surface area contributed by atoms with Crippen molar-refractivity contribution < 1.29 is 4.74 Å². The highest BCUT2D eigenvalue weighted by molar-refractivity contribution is 5.46. The summed E-state index contributed by atoms with van der Waals surface area (Å²) in [4.78, 5) is 0. The monoisotopic (exact) mass is 232 g/mol. The Balaban J connectivity index is 2.41. The number of aromatic nitrogens is 3. The molecule has 5 heteroatoms. The van der Waals surface area contributed by atoms with Crippen molar-refractivity contribution in [1.29, 1.82) is 0 Å². The van der Waals surface area contributed by atoms with Gasteiger partial charge in [0.05, 0.1) is 18.5 Å². The van der Waals surface area contributed by atoms with Crippen molar-refractivity contribution in [2.24, 2.45) is 5.73 Å². The number of nitrogens with two attached hydrogens (primary N) is 1. The molecule has 0 aliphatic carbocycles. The highest BCUT2D eigenvalue weighted by Gasteiger charge is 2.10. The molecule has 0 unspecified atom stereocenters. The number of benzene rings is 1. The minimum absolute atomic E-state index is 0.574. The zero-order valence-electron chi connectivity index (χ0n) is 9.84. The van der Waals surface area contributed by atoms with Crippen LogP contribution in [0.25, 0.3) is 5.69 Å². The van der Waals surface area contributed by atoms with E-state index < -0.39 is 0 Å². The van der Waals surface area contributed by atoms with Gasteiger partial charge in [-0.05, 0) is 25.6 Å². The number of nitrogens with zero attached hydrogens (tertiary/aromatic N) is 3. The molecule has 0 bridgehead atoms. The highest BCUT2D eigenvalue weighted by Crippen LogP contribution is 2.22. The summed E-state index contributed by atoms with van der Waals surface area (Å²) in [6.07, 6.45) is 2.48. The van der Waals surface area contributed by atoms with Crippen LogP contribution >= 0.6 is 0 Å². The van der Waals surface area contributed by atoms with Gasteiger partial charge in [0.25, 0.3) is 0 Å². The van der Waals surface area contributed by atoms with E-state index in [1.165, 1.54) is 0 Å². The average molecular weight is 232 g/mol. The fourth-order valence-electron chi connectivity index (χ4n) is 1.69. The second kappa shape index (κ2) is 5.45. The zero-order valence-corrected chi connectivity index (χ0v) is 9.84. The van der Waals surface area contributed by atoms with Crippen LogP contribution in [0.4, 0.5) is 0 Å². The van der Waals surface area contributed by atoms with Crippen LogP contribution in [0.5, 0.6) is 5.75 Å². The van der Waals surface area contributed by atoms with Crippen molar-refractivity contribution in [2.75, 3.05) is 13.2 Å². The largest absolute Gasteiger partial charge is 0.492 e. The van der Waals surface area contributed by atoms with Crippen LogP contribution in [0.2, 0.25) is 0 Å². The van der Waals surface area contributed by atoms with Gasteiger partial charge in [0, 0.05) is 6.42 Å². The van der Waals surface area contributed by atoms with Gasteiger partial charge in [-0.25, -0.2) is 4.68 Å². The van der Waals surface area contributed by atoms with Gasteiger partial charge >= 0.3 is 0 Å². The zero-order chi connectivity index (χ0) is 12.1. The maximum Gasteiger partial charge on any atom is 0.145 e. The number of rotatable bonds is 5. The topological polar surface area (TPSA) is 66.0 Å². The van der Waals surface area contributed by atoms with Crippen LogP contribution in [0.1, 0.15) is 12.6 Å². The second-order valence-corrected chi connectivity index (χ2v) is 3.58. The van der Waals surface area contributed by atoms with Gasteiger partial charge in [-0.1, -0.05) is 17.3 Å². The average Bonchev–Trinajstić information content (AvgIpc) is 2.79. The first-order valence-electron chi connectivity index (χ1n) is 5.68. The van der Waals surface area contributed by atoms with Crippen LogP contribution in [0.15, 0.2) is 30.5 Å². The standard InChI is InChI=1S/C12H16N4O/c1-2-17-12-6-4-3-5-11(12)16-10(7-8-13)9-14-15-16/h3-6,9H,2,7-8,13H2,1H3. The molecule has 1 aromatic carbocycles. The third kappa shape index (κ3) is 2.45. The number of para-hydroxylation sites is 2. The molecular weight excluding hydrogens is 216 g/mol. The Bertz CT molecular complexity index is 481. The van der Waals surface area contributed by atoms with Crippen LogP contribution in [-0.2, 0) is 6.42 Å². The molecule has 0 amide bonds. The van der Waals surface area contributed by atoms with Gasteiger partial charge in [-0.2, -0.15) is 0 Å². The minimum Gasteiger partial charge on any atom is -0.492 e. The van der Waals surface area contributed by atoms with E-state index in [1.807, 2.05) is 31.2 Å². The Morgan fingerprint density at radius 3 is 2.94 bits per heavy atom. The maximum atomic E-state index is 5.57. The Hall–Kier alpha value is -1.88. The normalized spacial score (nSPS) is 10.5. The van der Waals surface area contributed by atoms with Crippen LogP contribution in [-0.4, -0.2) is 28.1 Å². The van der Waals surface area contributed by atoms with Gasteiger partial charge in [0.15, 0.2) is 0 Å². The quantitative estimate of drug-likeness (QED) is 0.840. The summed E-state index contributed by atoms with van der Waals surface area (Å²) >= 11 is 0. The SMILES string of the molecule is CCOc1ccccc1-n1nncc1CCN. The molecule has 0 aliphatic heterocycles. The molecule has 90 valence electrons. The van der Waals surface area contributed by atoms with E-state index in [4.69, 9.17) is 10.5 Å². The van der Waals surface area contributed by atoms with Gasteiger partial charge in [-0.15, -0.1) is 5.10 Å². The van der Waals surface area contributed by atoms with E-state index in [9.17, 15) is 0 Å². The number of ether oxygens (including phenoxy) is 1. The molecule has 0 saturated carbocycles. The summed E-state index contributed by atoms with van der Waals surface area (Å²) in [6.45, 7) is 3.15. The van der Waals surface area contributed by atoms with Crippen molar-refractivity contribution in [1.82, 2.24) is 15.0 Å². The molecule has 5 nitrogen and oxygen atoms in total. The van der Waals surface area contributed by atoms with Crippen molar-refractivity contribution >= 4 is 0 Å². The van der Waals surface area contributed by atoms with Crippen molar-refractivity contribution in [3.05, 3.63) is 36.2 Å². The molecule has 0 spiro atoms. The predicted octanol–water partition coefficient (Wildman–Crippen LogP) is 1.17. The summed E-state index contributed by atoms with van der Waals surface area (Å²) in [7, 11) is 0. The van der Waals surface area contributed by atoms with E-state index in [2.05, 4.69) is 10.3 Å². The van der Waals surface area contributed by atoms with E-state index >= 15 is 0 Å². The minimum atomic E-state index is 0.574. The summed E-state index contributed by atoms with van der Waals surface area (Å²) in [5.74, 6) is 0.804. The fraction of sp³-hybridized carbons (Fsp3) is 0.333. The Morgan fingerprint density at radius 1 is 1.35 bits per heavy atom. The Kier molecular flexibility index (Phi) is 3.72. The molecule has 0 radical (unpaired) electrons. The molecule has 0 fully saturated rings. The van der Waals surface area contributed by atoms with Crippen LogP contribution in [0.3, 0.4) is 0 Å². The van der Waals surface area contributed by atoms with Crippen molar-refractivity contribution in [3.63, 3.8) is 0 Å². The first-order chi connectivity index (χ1) is 8.36. The Morgan fingerprint density at radius 2 is 2.18 bits per heavy atom. The van der Waals surface area contributed by atoms with Gasteiger partial charge in [0.2, 0.25) is 0 Å². The lowest BCUT2D eigenvalue weighted by Crippen LogP contribution is -2.10. The molecule has 1 aromatic heterocycles. The maximum absolute atomic E-state index is 5.57. The molecule has 0 atom stereocenters. The van der Waals surface area contributed by atoms with Crippen LogP contribution < -0.4 is 10.5 Å². The molecule has 2 N–H and O–H groups in total. The smallest absolute Gasteiger partial charge is 0.145 e. The number of hydrogen-bond donors (Lipinski definition) is 1. The van der Waals surface area contributed by atoms with Crippen molar-refractivity contribution in [2.45, 2.75) is 13.3 Å². The van der Waals surface area contributed by atoms with Crippen molar-refractivity contribution in [3.8, 4) is 11.4 Å². The van der Waals surface area contributed by atoms with E-state index in [-0.39, 0.29) is 0 Å². The predicted molar refractivity (Wildman–Crippen MR) is 65.3 cm³/mol. The summed E-state index contributed by atoms with van der Waals surface area (Å²) in [5.41, 5.74) is 7.45. The first kappa shape index (κ1) is 11.6. The lowest BCUT2D eigenvalue weighted by Gasteiger charge is -2.11. The molecule has 2 rings (SSSR count). The molecule has 2 aromatic rings. The first-order valence-corrected chi connectivity index (χ1v) is 5.68. The van der Waals surface area contributed by atoms with Gasteiger partial charge in [-0.3, -0.25) is 0 Å².